The zero-order valence-electron chi connectivity index (χ0n) is 14.5. The maximum Gasteiger partial charge on any atom is 0.274 e. The second-order valence-corrected chi connectivity index (χ2v) is 6.35. The van der Waals surface area contributed by atoms with Gasteiger partial charge in [0.25, 0.3) is 5.91 Å². The molecule has 0 aliphatic carbocycles. The van der Waals surface area contributed by atoms with Crippen LogP contribution in [0.3, 0.4) is 0 Å². The van der Waals surface area contributed by atoms with E-state index in [-0.39, 0.29) is 25.0 Å². The fraction of sp³-hybridized carbons (Fsp3) is 0.316. The molecule has 7 nitrogen and oxygen atoms in total. The van der Waals surface area contributed by atoms with Gasteiger partial charge in [0.1, 0.15) is 0 Å². The molecular weight excluding hydrogens is 334 g/mol. The van der Waals surface area contributed by atoms with Gasteiger partial charge in [-0.05, 0) is 43.2 Å². The Morgan fingerprint density at radius 3 is 2.69 bits per heavy atom. The quantitative estimate of drug-likeness (QED) is 0.843. The molecule has 2 aromatic rings. The highest BCUT2D eigenvalue weighted by Crippen LogP contribution is 2.32. The molecule has 0 saturated carbocycles. The van der Waals surface area contributed by atoms with Crippen molar-refractivity contribution in [2.24, 2.45) is 0 Å². The maximum atomic E-state index is 12.8. The Balaban J connectivity index is 1.48. The number of aryl methyl sites for hydroxylation is 1. The van der Waals surface area contributed by atoms with E-state index in [2.05, 4.69) is 4.98 Å². The van der Waals surface area contributed by atoms with Gasteiger partial charge in [-0.2, -0.15) is 0 Å². The maximum absolute atomic E-state index is 12.8. The van der Waals surface area contributed by atoms with E-state index in [0.717, 1.165) is 17.7 Å². The molecule has 1 saturated heterocycles. The summed E-state index contributed by atoms with van der Waals surface area (Å²) in [6, 6.07) is 8.99. The Kier molecular flexibility index (Phi) is 4.20. The summed E-state index contributed by atoms with van der Waals surface area (Å²) in [5.74, 6) is 1.02. The summed E-state index contributed by atoms with van der Waals surface area (Å²) >= 11 is 0. The summed E-state index contributed by atoms with van der Waals surface area (Å²) in [6.45, 7) is 3.13. The SMILES string of the molecule is Cc1ccc(C(=O)N2CCCN2C(=O)Cc2ccc3c(c2)OCO3)cn1. The van der Waals surface area contributed by atoms with Crippen LogP contribution in [0.15, 0.2) is 36.5 Å². The minimum atomic E-state index is -0.200. The standard InChI is InChI=1S/C19H19N3O4/c1-13-3-5-15(11-20-13)19(24)22-8-2-7-21(22)18(23)10-14-4-6-16-17(9-14)26-12-25-16/h3-6,9,11H,2,7-8,10,12H2,1H3. The summed E-state index contributed by atoms with van der Waals surface area (Å²) in [5.41, 5.74) is 2.16. The van der Waals surface area contributed by atoms with Crippen LogP contribution in [-0.2, 0) is 11.2 Å². The number of nitrogens with zero attached hydrogens (tertiary/aromatic N) is 3. The molecule has 7 heteroatoms. The van der Waals surface area contributed by atoms with Gasteiger partial charge in [0.15, 0.2) is 11.5 Å². The number of pyridine rings is 1. The number of carbonyl (C=O) groups excluding carboxylic acids is 2. The molecule has 0 N–H and O–H groups in total. The zero-order valence-corrected chi connectivity index (χ0v) is 14.5. The van der Waals surface area contributed by atoms with E-state index in [9.17, 15) is 9.59 Å². The molecular formula is C19H19N3O4. The molecule has 2 amide bonds. The van der Waals surface area contributed by atoms with Gasteiger partial charge in [-0.25, -0.2) is 5.01 Å². The Labute approximate surface area is 151 Å². The number of hydrazine groups is 1. The second kappa shape index (κ2) is 6.67. The highest BCUT2D eigenvalue weighted by atomic mass is 16.7. The van der Waals surface area contributed by atoms with Crippen molar-refractivity contribution < 1.29 is 19.1 Å². The Hall–Kier alpha value is -3.09. The average Bonchev–Trinajstić information content (AvgIpc) is 3.30. The smallest absolute Gasteiger partial charge is 0.274 e. The van der Waals surface area contributed by atoms with E-state index < -0.39 is 0 Å². The highest BCUT2D eigenvalue weighted by molar-refractivity contribution is 5.95. The third kappa shape index (κ3) is 3.08. The van der Waals surface area contributed by atoms with Crippen LogP contribution in [0.2, 0.25) is 0 Å². The summed E-state index contributed by atoms with van der Waals surface area (Å²) in [7, 11) is 0. The molecule has 0 spiro atoms. The van der Waals surface area contributed by atoms with Crippen LogP contribution >= 0.6 is 0 Å². The average molecular weight is 353 g/mol. The van der Waals surface area contributed by atoms with Crippen LogP contribution in [0.1, 0.15) is 28.0 Å². The first-order valence-corrected chi connectivity index (χ1v) is 8.55. The number of hydrogen-bond donors (Lipinski definition) is 0. The minimum Gasteiger partial charge on any atom is -0.454 e. The number of hydrogen-bond acceptors (Lipinski definition) is 5. The lowest BCUT2D eigenvalue weighted by molar-refractivity contribution is -0.139. The molecule has 0 unspecified atom stereocenters. The van der Waals surface area contributed by atoms with Gasteiger partial charge < -0.3 is 9.47 Å². The van der Waals surface area contributed by atoms with Gasteiger partial charge in [0.05, 0.1) is 12.0 Å². The fourth-order valence-electron chi connectivity index (χ4n) is 3.14. The molecule has 2 aliphatic rings. The van der Waals surface area contributed by atoms with Crippen LogP contribution in [0, 0.1) is 6.92 Å². The largest absolute Gasteiger partial charge is 0.454 e. The first-order chi connectivity index (χ1) is 12.6. The number of ether oxygens (including phenoxy) is 2. The molecule has 0 bridgehead atoms. The van der Waals surface area contributed by atoms with Crippen LogP contribution in [0.4, 0.5) is 0 Å². The number of carbonyl (C=O) groups is 2. The van der Waals surface area contributed by atoms with E-state index in [0.29, 0.717) is 30.2 Å². The van der Waals surface area contributed by atoms with E-state index in [1.807, 2.05) is 19.1 Å². The molecule has 3 heterocycles. The number of benzene rings is 1. The number of aromatic nitrogens is 1. The molecule has 1 aromatic carbocycles. The van der Waals surface area contributed by atoms with E-state index >= 15 is 0 Å². The van der Waals surface area contributed by atoms with Crippen molar-refractivity contribution in [2.75, 3.05) is 19.9 Å². The summed E-state index contributed by atoms with van der Waals surface area (Å²) in [4.78, 5) is 29.7. The van der Waals surface area contributed by atoms with Gasteiger partial charge in [-0.3, -0.25) is 19.6 Å². The van der Waals surface area contributed by atoms with E-state index in [4.69, 9.17) is 9.47 Å². The normalized spacial score (nSPS) is 15.4. The second-order valence-electron chi connectivity index (χ2n) is 6.35. The van der Waals surface area contributed by atoms with Gasteiger partial charge in [0.2, 0.25) is 12.7 Å². The Morgan fingerprint density at radius 1 is 1.08 bits per heavy atom. The molecule has 2 aliphatic heterocycles. The summed E-state index contributed by atoms with van der Waals surface area (Å²) < 4.78 is 10.6. The number of amides is 2. The third-order valence-corrected chi connectivity index (χ3v) is 4.50. The first kappa shape index (κ1) is 16.4. The van der Waals surface area contributed by atoms with Crippen LogP contribution in [0.25, 0.3) is 0 Å². The zero-order chi connectivity index (χ0) is 18.1. The lowest BCUT2D eigenvalue weighted by Gasteiger charge is -2.28. The molecule has 26 heavy (non-hydrogen) atoms. The molecule has 1 aromatic heterocycles. The molecule has 134 valence electrons. The summed E-state index contributed by atoms with van der Waals surface area (Å²) in [6.07, 6.45) is 2.51. The lowest BCUT2D eigenvalue weighted by Crippen LogP contribution is -2.45. The van der Waals surface area contributed by atoms with Crippen molar-refractivity contribution in [3.63, 3.8) is 0 Å². The monoisotopic (exact) mass is 353 g/mol. The number of rotatable bonds is 3. The van der Waals surface area contributed by atoms with E-state index in [1.165, 1.54) is 10.0 Å². The lowest BCUT2D eigenvalue weighted by atomic mass is 10.1. The molecule has 0 radical (unpaired) electrons. The van der Waals surface area contributed by atoms with E-state index in [1.54, 1.807) is 24.4 Å². The molecule has 4 rings (SSSR count). The van der Waals surface area contributed by atoms with Crippen molar-refractivity contribution in [2.45, 2.75) is 19.8 Å². The van der Waals surface area contributed by atoms with Gasteiger partial charge in [-0.1, -0.05) is 6.07 Å². The predicted octanol–water partition coefficient (Wildman–Crippen LogP) is 1.95. The van der Waals surface area contributed by atoms with Crippen molar-refractivity contribution in [3.05, 3.63) is 53.3 Å². The number of fused-ring (bicyclic) bond motifs is 1. The van der Waals surface area contributed by atoms with Crippen LogP contribution < -0.4 is 9.47 Å². The van der Waals surface area contributed by atoms with Crippen molar-refractivity contribution in [1.29, 1.82) is 0 Å². The fourth-order valence-corrected chi connectivity index (χ4v) is 3.14. The van der Waals surface area contributed by atoms with Gasteiger partial charge in [-0.15, -0.1) is 0 Å². The predicted molar refractivity (Wildman–Crippen MR) is 92.6 cm³/mol. The van der Waals surface area contributed by atoms with Gasteiger partial charge in [0, 0.05) is 25.0 Å². The van der Waals surface area contributed by atoms with Gasteiger partial charge >= 0.3 is 0 Å². The van der Waals surface area contributed by atoms with Crippen LogP contribution in [-0.4, -0.2) is 46.7 Å². The van der Waals surface area contributed by atoms with Crippen molar-refractivity contribution in [3.8, 4) is 11.5 Å². The van der Waals surface area contributed by atoms with Crippen molar-refractivity contribution >= 4 is 11.8 Å². The highest BCUT2D eigenvalue weighted by Gasteiger charge is 2.31. The first-order valence-electron chi connectivity index (χ1n) is 8.55. The third-order valence-electron chi connectivity index (χ3n) is 4.50. The minimum absolute atomic E-state index is 0.116. The Morgan fingerprint density at radius 2 is 1.88 bits per heavy atom. The molecule has 0 atom stereocenters. The summed E-state index contributed by atoms with van der Waals surface area (Å²) in [5, 5.41) is 3.05. The van der Waals surface area contributed by atoms with Crippen molar-refractivity contribution in [1.82, 2.24) is 15.0 Å². The topological polar surface area (TPSA) is 72.0 Å². The molecule has 1 fully saturated rings. The Bertz CT molecular complexity index is 850. The van der Waals surface area contributed by atoms with Crippen LogP contribution in [0.5, 0.6) is 11.5 Å².